The average molecular weight is 306 g/mol. The van der Waals surface area contributed by atoms with E-state index >= 15 is 0 Å². The minimum absolute atomic E-state index is 0.0120. The highest BCUT2D eigenvalue weighted by Gasteiger charge is 2.42. The molecule has 1 N–H and O–H groups in total. The third kappa shape index (κ3) is 3.07. The number of rotatable bonds is 3. The summed E-state index contributed by atoms with van der Waals surface area (Å²) in [6.45, 7) is 0.550. The van der Waals surface area contributed by atoms with Crippen molar-refractivity contribution in [2.45, 2.75) is 37.9 Å². The summed E-state index contributed by atoms with van der Waals surface area (Å²) in [6, 6.07) is 10.0. The van der Waals surface area contributed by atoms with Crippen LogP contribution in [0.15, 0.2) is 30.3 Å². The summed E-state index contributed by atoms with van der Waals surface area (Å²) in [4.78, 5) is 14.2. The molecule has 3 atom stereocenters. The van der Waals surface area contributed by atoms with Gasteiger partial charge in [0.15, 0.2) is 5.11 Å². The summed E-state index contributed by atoms with van der Waals surface area (Å²) in [5, 5.41) is 3.72. The van der Waals surface area contributed by atoms with Crippen molar-refractivity contribution in [3.05, 3.63) is 35.9 Å². The van der Waals surface area contributed by atoms with Gasteiger partial charge in [0.2, 0.25) is 5.91 Å². The SMILES string of the molecule is O=C1C2CC(F)CCC2NC(=S)N1CCc1ccccc1. The van der Waals surface area contributed by atoms with E-state index in [1.807, 2.05) is 30.3 Å². The molecule has 1 aliphatic carbocycles. The Bertz CT molecular complexity index is 536. The molecule has 3 unspecified atom stereocenters. The Morgan fingerprint density at radius 1 is 1.29 bits per heavy atom. The standard InChI is InChI=1S/C16H19FN2OS/c17-12-6-7-14-13(10-12)15(20)19(16(21)18-14)9-8-11-4-2-1-3-5-11/h1-5,12-14H,6-10H2,(H,18,21). The first kappa shape index (κ1) is 14.4. The van der Waals surface area contributed by atoms with E-state index in [0.717, 1.165) is 6.42 Å². The van der Waals surface area contributed by atoms with Gasteiger partial charge in [-0.3, -0.25) is 9.69 Å². The van der Waals surface area contributed by atoms with Crippen molar-refractivity contribution in [2.75, 3.05) is 6.54 Å². The van der Waals surface area contributed by atoms with Crippen molar-refractivity contribution in [3.63, 3.8) is 0 Å². The molecule has 1 saturated heterocycles. The topological polar surface area (TPSA) is 32.3 Å². The van der Waals surface area contributed by atoms with Gasteiger partial charge in [-0.1, -0.05) is 30.3 Å². The van der Waals surface area contributed by atoms with Crippen LogP contribution in [0.1, 0.15) is 24.8 Å². The smallest absolute Gasteiger partial charge is 0.234 e. The molecule has 0 radical (unpaired) electrons. The number of nitrogens with one attached hydrogen (secondary N) is 1. The van der Waals surface area contributed by atoms with E-state index in [-0.39, 0.29) is 17.9 Å². The Kier molecular flexibility index (Phi) is 4.19. The first-order valence-electron chi connectivity index (χ1n) is 7.45. The molecule has 5 heteroatoms. The Morgan fingerprint density at radius 3 is 2.81 bits per heavy atom. The summed E-state index contributed by atoms with van der Waals surface area (Å²) in [5.41, 5.74) is 1.17. The lowest BCUT2D eigenvalue weighted by molar-refractivity contribution is -0.135. The number of hydrogen-bond acceptors (Lipinski definition) is 2. The zero-order valence-corrected chi connectivity index (χ0v) is 12.6. The lowest BCUT2D eigenvalue weighted by Crippen LogP contribution is -2.61. The first-order chi connectivity index (χ1) is 10.1. The minimum Gasteiger partial charge on any atom is -0.359 e. The molecule has 1 amide bonds. The zero-order chi connectivity index (χ0) is 14.8. The van der Waals surface area contributed by atoms with Crippen molar-refractivity contribution >= 4 is 23.2 Å². The maximum Gasteiger partial charge on any atom is 0.234 e. The summed E-state index contributed by atoms with van der Waals surface area (Å²) in [6.07, 6.45) is 1.42. The quantitative estimate of drug-likeness (QED) is 0.871. The fraction of sp³-hybridized carbons (Fsp3) is 0.500. The number of nitrogens with zero attached hydrogens (tertiary/aromatic N) is 1. The highest BCUT2D eigenvalue weighted by molar-refractivity contribution is 7.80. The van der Waals surface area contributed by atoms with Gasteiger partial charge in [-0.15, -0.1) is 0 Å². The van der Waals surface area contributed by atoms with Gasteiger partial charge < -0.3 is 5.32 Å². The van der Waals surface area contributed by atoms with Gasteiger partial charge in [0.1, 0.15) is 6.17 Å². The number of carbonyl (C=O) groups is 1. The molecular formula is C16H19FN2OS. The van der Waals surface area contributed by atoms with Crippen LogP contribution in [0.25, 0.3) is 0 Å². The van der Waals surface area contributed by atoms with Crippen LogP contribution in [0.4, 0.5) is 4.39 Å². The first-order valence-corrected chi connectivity index (χ1v) is 7.86. The molecule has 2 aliphatic rings. The van der Waals surface area contributed by atoms with E-state index in [0.29, 0.717) is 30.9 Å². The van der Waals surface area contributed by atoms with Crippen molar-refractivity contribution in [1.29, 1.82) is 0 Å². The minimum atomic E-state index is -0.861. The van der Waals surface area contributed by atoms with E-state index in [2.05, 4.69) is 5.32 Å². The van der Waals surface area contributed by atoms with E-state index in [9.17, 15) is 9.18 Å². The Balaban J connectivity index is 1.67. The van der Waals surface area contributed by atoms with Crippen LogP contribution in [0.5, 0.6) is 0 Å². The lowest BCUT2D eigenvalue weighted by atomic mass is 9.81. The van der Waals surface area contributed by atoms with Gasteiger partial charge in [-0.25, -0.2) is 4.39 Å². The maximum atomic E-state index is 13.6. The normalized spacial score (nSPS) is 29.0. The third-order valence-corrected chi connectivity index (χ3v) is 4.73. The number of thiocarbonyl (C=S) groups is 1. The van der Waals surface area contributed by atoms with Crippen LogP contribution in [0, 0.1) is 5.92 Å². The van der Waals surface area contributed by atoms with Crippen molar-refractivity contribution in [1.82, 2.24) is 10.2 Å². The molecule has 2 fully saturated rings. The number of fused-ring (bicyclic) bond motifs is 1. The number of hydrogen-bond donors (Lipinski definition) is 1. The van der Waals surface area contributed by atoms with Crippen LogP contribution >= 0.6 is 12.2 Å². The van der Waals surface area contributed by atoms with Crippen molar-refractivity contribution in [3.8, 4) is 0 Å². The number of benzene rings is 1. The Labute approximate surface area is 129 Å². The molecule has 0 bridgehead atoms. The largest absolute Gasteiger partial charge is 0.359 e. The van der Waals surface area contributed by atoms with Crippen molar-refractivity contribution in [2.24, 2.45) is 5.92 Å². The van der Waals surface area contributed by atoms with Gasteiger partial charge in [0, 0.05) is 12.6 Å². The monoisotopic (exact) mass is 306 g/mol. The zero-order valence-electron chi connectivity index (χ0n) is 11.8. The molecule has 1 heterocycles. The Morgan fingerprint density at radius 2 is 2.05 bits per heavy atom. The average Bonchev–Trinajstić information content (AvgIpc) is 2.49. The van der Waals surface area contributed by atoms with Crippen LogP contribution in [-0.4, -0.2) is 34.7 Å². The molecule has 1 aromatic carbocycles. The maximum absolute atomic E-state index is 13.6. The molecule has 112 valence electrons. The van der Waals surface area contributed by atoms with E-state index in [1.54, 1.807) is 4.90 Å². The van der Waals surface area contributed by atoms with E-state index in [4.69, 9.17) is 12.2 Å². The number of alkyl halides is 1. The van der Waals surface area contributed by atoms with Crippen LogP contribution in [-0.2, 0) is 11.2 Å². The summed E-state index contributed by atoms with van der Waals surface area (Å²) < 4.78 is 13.6. The number of carbonyl (C=O) groups excluding carboxylic acids is 1. The molecule has 1 saturated carbocycles. The van der Waals surface area contributed by atoms with Crippen LogP contribution in [0.2, 0.25) is 0 Å². The number of amides is 1. The predicted octanol–water partition coefficient (Wildman–Crippen LogP) is 2.45. The van der Waals surface area contributed by atoms with Gasteiger partial charge in [0.05, 0.1) is 5.92 Å². The Hall–Kier alpha value is -1.49. The van der Waals surface area contributed by atoms with Crippen LogP contribution < -0.4 is 5.32 Å². The third-order valence-electron chi connectivity index (χ3n) is 4.39. The second-order valence-corrected chi connectivity index (χ2v) is 6.18. The molecular weight excluding hydrogens is 287 g/mol. The van der Waals surface area contributed by atoms with Gasteiger partial charge in [-0.05, 0) is 43.5 Å². The van der Waals surface area contributed by atoms with Gasteiger partial charge in [-0.2, -0.15) is 0 Å². The second-order valence-electron chi connectivity index (χ2n) is 5.80. The molecule has 3 rings (SSSR count). The van der Waals surface area contributed by atoms with E-state index in [1.165, 1.54) is 5.56 Å². The van der Waals surface area contributed by atoms with Gasteiger partial charge >= 0.3 is 0 Å². The fourth-order valence-corrected chi connectivity index (χ4v) is 3.53. The molecule has 1 aliphatic heterocycles. The molecule has 0 spiro atoms. The summed E-state index contributed by atoms with van der Waals surface area (Å²) in [5.74, 6) is -0.279. The molecule has 3 nitrogen and oxygen atoms in total. The summed E-state index contributed by atoms with van der Waals surface area (Å²) >= 11 is 5.32. The molecule has 1 aromatic rings. The fourth-order valence-electron chi connectivity index (χ4n) is 3.20. The highest BCUT2D eigenvalue weighted by atomic mass is 32.1. The van der Waals surface area contributed by atoms with Crippen molar-refractivity contribution < 1.29 is 9.18 Å². The predicted molar refractivity (Wildman–Crippen MR) is 83.6 cm³/mol. The summed E-state index contributed by atoms with van der Waals surface area (Å²) in [7, 11) is 0. The molecule has 21 heavy (non-hydrogen) atoms. The van der Waals surface area contributed by atoms with E-state index < -0.39 is 6.17 Å². The van der Waals surface area contributed by atoms with Gasteiger partial charge in [0.25, 0.3) is 0 Å². The highest BCUT2D eigenvalue weighted by Crippen LogP contribution is 2.31. The molecule has 0 aromatic heterocycles. The lowest BCUT2D eigenvalue weighted by Gasteiger charge is -2.42. The second kappa shape index (κ2) is 6.10. The number of halogens is 1. The van der Waals surface area contributed by atoms with Crippen LogP contribution in [0.3, 0.4) is 0 Å².